The highest BCUT2D eigenvalue weighted by atomic mass is 79.9. The van der Waals surface area contributed by atoms with Crippen LogP contribution in [0.4, 0.5) is 10.6 Å². The van der Waals surface area contributed by atoms with Gasteiger partial charge in [0.05, 0.1) is 22.9 Å². The fourth-order valence-corrected chi connectivity index (χ4v) is 2.63. The number of ether oxygens (including phenoxy) is 1. The summed E-state index contributed by atoms with van der Waals surface area (Å²) < 4.78 is 7.91. The summed E-state index contributed by atoms with van der Waals surface area (Å²) in [6, 6.07) is 7.28. The normalized spacial score (nSPS) is 11.5. The molecule has 0 aliphatic heterocycles. The monoisotopic (exact) mass is 403 g/mol. The average Bonchev–Trinajstić information content (AvgIpc) is 2.94. The molecule has 3 heterocycles. The maximum atomic E-state index is 12.8. The summed E-state index contributed by atoms with van der Waals surface area (Å²) in [5.74, 6) is 0.551. The molecule has 0 radical (unpaired) electrons. The van der Waals surface area contributed by atoms with E-state index < -0.39 is 11.7 Å². The third-order valence-corrected chi connectivity index (χ3v) is 3.83. The molecule has 0 unspecified atom stereocenters. The lowest BCUT2D eigenvalue weighted by molar-refractivity contribution is 0.0575. The van der Waals surface area contributed by atoms with Crippen molar-refractivity contribution in [1.29, 1.82) is 0 Å². The van der Waals surface area contributed by atoms with Crippen LogP contribution in [0.2, 0.25) is 0 Å². The zero-order chi connectivity index (χ0) is 18.0. The predicted octanol–water partition coefficient (Wildman–Crippen LogP) is 3.83. The number of halogens is 1. The van der Waals surface area contributed by atoms with E-state index in [1.807, 2.05) is 39.0 Å². The average molecular weight is 404 g/mol. The molecule has 0 aliphatic carbocycles. The number of carbonyl (C=O) groups excluding carboxylic acids is 1. The minimum absolute atomic E-state index is 0.256. The number of aromatic nitrogens is 4. The van der Waals surface area contributed by atoms with Gasteiger partial charge in [-0.05, 0) is 54.9 Å². The van der Waals surface area contributed by atoms with Crippen LogP contribution >= 0.6 is 15.9 Å². The van der Waals surface area contributed by atoms with E-state index in [2.05, 4.69) is 31.0 Å². The lowest BCUT2D eigenvalue weighted by atomic mass is 10.2. The molecule has 130 valence electrons. The maximum absolute atomic E-state index is 12.8. The second-order valence-electron chi connectivity index (χ2n) is 6.42. The molecule has 0 spiro atoms. The highest BCUT2D eigenvalue weighted by Crippen LogP contribution is 2.24. The largest absolute Gasteiger partial charge is 0.443 e. The Morgan fingerprint density at radius 3 is 2.72 bits per heavy atom. The molecule has 0 N–H and O–H groups in total. The highest BCUT2D eigenvalue weighted by Gasteiger charge is 2.26. The molecule has 7 nitrogen and oxygen atoms in total. The molecule has 8 heteroatoms. The molecular weight excluding hydrogens is 386 g/mol. The number of fused-ring (bicyclic) bond motifs is 1. The zero-order valence-electron chi connectivity index (χ0n) is 14.2. The summed E-state index contributed by atoms with van der Waals surface area (Å²) in [4.78, 5) is 22.9. The fraction of sp³-hybridized carbons (Fsp3) is 0.294. The Hall–Kier alpha value is -2.48. The van der Waals surface area contributed by atoms with Gasteiger partial charge in [0, 0.05) is 12.4 Å². The number of nitrogens with zero attached hydrogens (tertiary/aromatic N) is 5. The molecule has 0 fully saturated rings. The Labute approximate surface area is 153 Å². The Morgan fingerprint density at radius 1 is 1.24 bits per heavy atom. The molecule has 1 amide bonds. The third kappa shape index (κ3) is 3.96. The number of amides is 1. The first-order chi connectivity index (χ1) is 11.8. The van der Waals surface area contributed by atoms with Crippen molar-refractivity contribution < 1.29 is 9.53 Å². The van der Waals surface area contributed by atoms with Crippen molar-refractivity contribution in [1.82, 2.24) is 19.6 Å². The van der Waals surface area contributed by atoms with Crippen LogP contribution in [-0.4, -0.2) is 31.3 Å². The van der Waals surface area contributed by atoms with E-state index in [9.17, 15) is 4.79 Å². The van der Waals surface area contributed by atoms with Crippen LogP contribution in [0.5, 0.6) is 0 Å². The quantitative estimate of drug-likeness (QED) is 0.664. The molecule has 0 saturated carbocycles. The number of pyridine rings is 1. The van der Waals surface area contributed by atoms with Gasteiger partial charge in [0.2, 0.25) is 0 Å². The van der Waals surface area contributed by atoms with Crippen LogP contribution in [0.1, 0.15) is 26.5 Å². The molecule has 3 aromatic heterocycles. The van der Waals surface area contributed by atoms with E-state index in [1.54, 1.807) is 29.2 Å². The standard InChI is InChI=1S/C17H18BrN5O2/c1-17(2,3)25-16(24)22(11-12-6-4-5-8-19-12)14-7-9-20-15-13(18)10-21-23(14)15/h4-10H,11H2,1-3H3. The summed E-state index contributed by atoms with van der Waals surface area (Å²) in [6.07, 6.45) is 4.49. The van der Waals surface area contributed by atoms with E-state index in [1.165, 1.54) is 4.90 Å². The van der Waals surface area contributed by atoms with Gasteiger partial charge in [-0.3, -0.25) is 9.88 Å². The number of anilines is 1. The molecule has 0 aliphatic rings. The van der Waals surface area contributed by atoms with Gasteiger partial charge in [-0.15, -0.1) is 0 Å². The van der Waals surface area contributed by atoms with Gasteiger partial charge in [0.25, 0.3) is 0 Å². The van der Waals surface area contributed by atoms with E-state index >= 15 is 0 Å². The van der Waals surface area contributed by atoms with E-state index in [4.69, 9.17) is 4.74 Å². The molecule has 3 aromatic rings. The first-order valence-corrected chi connectivity index (χ1v) is 8.53. The molecule has 3 rings (SSSR count). The molecule has 0 atom stereocenters. The second-order valence-corrected chi connectivity index (χ2v) is 7.27. The summed E-state index contributed by atoms with van der Waals surface area (Å²) in [5, 5.41) is 4.30. The molecule has 0 aromatic carbocycles. The van der Waals surface area contributed by atoms with E-state index in [0.717, 1.165) is 10.2 Å². The van der Waals surface area contributed by atoms with Gasteiger partial charge in [-0.1, -0.05) is 6.07 Å². The van der Waals surface area contributed by atoms with Crippen LogP contribution in [0.15, 0.2) is 47.3 Å². The van der Waals surface area contributed by atoms with Crippen molar-refractivity contribution in [2.75, 3.05) is 4.90 Å². The van der Waals surface area contributed by atoms with E-state index in [0.29, 0.717) is 11.5 Å². The van der Waals surface area contributed by atoms with Gasteiger partial charge >= 0.3 is 6.09 Å². The van der Waals surface area contributed by atoms with Crippen LogP contribution in [0.3, 0.4) is 0 Å². The van der Waals surface area contributed by atoms with Gasteiger partial charge in [-0.25, -0.2) is 9.78 Å². The van der Waals surface area contributed by atoms with Crippen molar-refractivity contribution in [2.24, 2.45) is 0 Å². The van der Waals surface area contributed by atoms with Crippen molar-refractivity contribution in [3.8, 4) is 0 Å². The minimum Gasteiger partial charge on any atom is -0.443 e. The Bertz CT molecular complexity index is 889. The van der Waals surface area contributed by atoms with Crippen LogP contribution in [-0.2, 0) is 11.3 Å². The fourth-order valence-electron chi connectivity index (χ4n) is 2.27. The second kappa shape index (κ2) is 6.79. The van der Waals surface area contributed by atoms with Crippen molar-refractivity contribution in [3.63, 3.8) is 0 Å². The summed E-state index contributed by atoms with van der Waals surface area (Å²) in [7, 11) is 0. The van der Waals surface area contributed by atoms with Crippen molar-refractivity contribution in [3.05, 3.63) is 53.0 Å². The lowest BCUT2D eigenvalue weighted by Crippen LogP contribution is -2.37. The van der Waals surface area contributed by atoms with Gasteiger partial charge in [0.15, 0.2) is 5.65 Å². The smallest absolute Gasteiger partial charge is 0.416 e. The van der Waals surface area contributed by atoms with Crippen LogP contribution < -0.4 is 4.90 Å². The Kier molecular flexibility index (Phi) is 4.71. The summed E-state index contributed by atoms with van der Waals surface area (Å²) in [6.45, 7) is 5.75. The molecule has 0 saturated heterocycles. The van der Waals surface area contributed by atoms with Gasteiger partial charge in [0.1, 0.15) is 11.4 Å². The van der Waals surface area contributed by atoms with Crippen molar-refractivity contribution in [2.45, 2.75) is 32.9 Å². The van der Waals surface area contributed by atoms with Crippen LogP contribution in [0, 0.1) is 0 Å². The highest BCUT2D eigenvalue weighted by molar-refractivity contribution is 9.10. The molecule has 0 bridgehead atoms. The first-order valence-electron chi connectivity index (χ1n) is 7.74. The topological polar surface area (TPSA) is 72.6 Å². The maximum Gasteiger partial charge on any atom is 0.416 e. The minimum atomic E-state index is -0.615. The molecule has 25 heavy (non-hydrogen) atoms. The van der Waals surface area contributed by atoms with Gasteiger partial charge in [-0.2, -0.15) is 9.61 Å². The van der Waals surface area contributed by atoms with Crippen LogP contribution in [0.25, 0.3) is 5.65 Å². The van der Waals surface area contributed by atoms with Gasteiger partial charge < -0.3 is 4.74 Å². The first kappa shape index (κ1) is 17.3. The third-order valence-electron chi connectivity index (χ3n) is 3.27. The number of hydrogen-bond acceptors (Lipinski definition) is 5. The predicted molar refractivity (Wildman–Crippen MR) is 97.3 cm³/mol. The lowest BCUT2D eigenvalue weighted by Gasteiger charge is -2.27. The van der Waals surface area contributed by atoms with E-state index in [-0.39, 0.29) is 6.54 Å². The molecular formula is C17H18BrN5O2. The number of carbonyl (C=O) groups is 1. The van der Waals surface area contributed by atoms with Crippen molar-refractivity contribution >= 4 is 33.5 Å². The zero-order valence-corrected chi connectivity index (χ0v) is 15.8. The Balaban J connectivity index is 2.04. The summed E-state index contributed by atoms with van der Waals surface area (Å²) >= 11 is 3.41. The number of hydrogen-bond donors (Lipinski definition) is 0. The number of rotatable bonds is 3. The SMILES string of the molecule is CC(C)(C)OC(=O)N(Cc1ccccn1)c1ccnc2c(Br)cnn12. The summed E-state index contributed by atoms with van der Waals surface area (Å²) in [5.41, 5.74) is 0.743. The Morgan fingerprint density at radius 2 is 2.04 bits per heavy atom.